The van der Waals surface area contributed by atoms with Crippen molar-refractivity contribution in [1.29, 1.82) is 0 Å². The summed E-state index contributed by atoms with van der Waals surface area (Å²) in [7, 11) is 0. The topological polar surface area (TPSA) is 53.5 Å². The predicted molar refractivity (Wildman–Crippen MR) is 95.8 cm³/mol. The molecule has 0 unspecified atom stereocenters. The van der Waals surface area contributed by atoms with Crippen LogP contribution in [-0.4, -0.2) is 18.7 Å². The summed E-state index contributed by atoms with van der Waals surface area (Å²) < 4.78 is 0. The van der Waals surface area contributed by atoms with Crippen molar-refractivity contribution >= 4 is 17.8 Å². The van der Waals surface area contributed by atoms with Gasteiger partial charge in [0.2, 0.25) is 0 Å². The number of aryl methyl sites for hydroxylation is 3. The maximum atomic E-state index is 11.7. The van der Waals surface area contributed by atoms with E-state index in [1.54, 1.807) is 6.21 Å². The first kappa shape index (κ1) is 16.7. The second-order valence-corrected chi connectivity index (χ2v) is 5.54. The van der Waals surface area contributed by atoms with Crippen LogP contribution >= 0.6 is 0 Å². The Kier molecular flexibility index (Phi) is 6.36. The van der Waals surface area contributed by atoms with Crippen LogP contribution in [0.5, 0.6) is 0 Å². The highest BCUT2D eigenvalue weighted by Gasteiger charge is 2.01. The Morgan fingerprint density at radius 1 is 1.13 bits per heavy atom. The van der Waals surface area contributed by atoms with Gasteiger partial charge in [0.1, 0.15) is 0 Å². The van der Waals surface area contributed by atoms with Crippen molar-refractivity contribution < 1.29 is 4.79 Å². The van der Waals surface area contributed by atoms with Gasteiger partial charge in [0.25, 0.3) is 5.91 Å². The molecule has 0 aliphatic heterocycles. The third-order valence-electron chi connectivity index (χ3n) is 3.51. The second-order valence-electron chi connectivity index (χ2n) is 5.54. The van der Waals surface area contributed by atoms with Crippen molar-refractivity contribution in [3.8, 4) is 0 Å². The molecule has 0 saturated heterocycles. The average molecular weight is 309 g/mol. The fourth-order valence-corrected chi connectivity index (χ4v) is 2.29. The van der Waals surface area contributed by atoms with E-state index in [4.69, 9.17) is 0 Å². The standard InChI is InChI=1S/C19H23N3O/c1-15-10-11-18(16(2)13-15)20-14-19(23)22-21-12-6-9-17-7-4-3-5-8-17/h3-5,7-8,10-13,20H,6,9,14H2,1-2H3,(H,22,23). The number of carbonyl (C=O) groups excluding carboxylic acids is 1. The number of nitrogens with one attached hydrogen (secondary N) is 2. The van der Waals surface area contributed by atoms with Gasteiger partial charge in [-0.25, -0.2) is 5.43 Å². The molecule has 4 heteroatoms. The Balaban J connectivity index is 1.67. The molecule has 23 heavy (non-hydrogen) atoms. The van der Waals surface area contributed by atoms with E-state index < -0.39 is 0 Å². The van der Waals surface area contributed by atoms with Crippen LogP contribution in [0.4, 0.5) is 5.69 Å². The van der Waals surface area contributed by atoms with Crippen molar-refractivity contribution in [1.82, 2.24) is 5.43 Å². The lowest BCUT2D eigenvalue weighted by Gasteiger charge is -2.09. The first-order valence-electron chi connectivity index (χ1n) is 7.80. The first-order chi connectivity index (χ1) is 11.1. The van der Waals surface area contributed by atoms with E-state index in [9.17, 15) is 4.79 Å². The minimum atomic E-state index is -0.152. The number of anilines is 1. The number of benzene rings is 2. The third-order valence-corrected chi connectivity index (χ3v) is 3.51. The van der Waals surface area contributed by atoms with E-state index >= 15 is 0 Å². The quantitative estimate of drug-likeness (QED) is 0.608. The van der Waals surface area contributed by atoms with Crippen LogP contribution in [0.3, 0.4) is 0 Å². The lowest BCUT2D eigenvalue weighted by atomic mass is 10.1. The molecule has 0 atom stereocenters. The number of rotatable bonds is 7. The van der Waals surface area contributed by atoms with Crippen LogP contribution in [0.15, 0.2) is 53.6 Å². The lowest BCUT2D eigenvalue weighted by molar-refractivity contribution is -0.119. The maximum Gasteiger partial charge on any atom is 0.259 e. The molecule has 2 aromatic rings. The summed E-state index contributed by atoms with van der Waals surface area (Å²) in [4.78, 5) is 11.7. The van der Waals surface area contributed by atoms with Crippen LogP contribution < -0.4 is 10.7 Å². The molecule has 4 nitrogen and oxygen atoms in total. The summed E-state index contributed by atoms with van der Waals surface area (Å²) in [5, 5.41) is 7.09. The molecule has 120 valence electrons. The Hall–Kier alpha value is -2.62. The zero-order chi connectivity index (χ0) is 16.5. The number of amides is 1. The fraction of sp³-hybridized carbons (Fsp3) is 0.263. The Labute approximate surface area is 137 Å². The number of hydrogen-bond acceptors (Lipinski definition) is 3. The first-order valence-corrected chi connectivity index (χ1v) is 7.80. The molecule has 2 rings (SSSR count). The summed E-state index contributed by atoms with van der Waals surface area (Å²) in [6.07, 6.45) is 3.46. The molecule has 1 amide bonds. The zero-order valence-corrected chi connectivity index (χ0v) is 13.7. The largest absolute Gasteiger partial charge is 0.376 e. The normalized spacial score (nSPS) is 10.7. The van der Waals surface area contributed by atoms with Gasteiger partial charge in [0.05, 0.1) is 6.54 Å². The Morgan fingerprint density at radius 2 is 1.91 bits per heavy atom. The van der Waals surface area contributed by atoms with Gasteiger partial charge in [-0.15, -0.1) is 0 Å². The van der Waals surface area contributed by atoms with E-state index in [0.29, 0.717) is 0 Å². The molecule has 0 aliphatic rings. The molecule has 0 bridgehead atoms. The van der Waals surface area contributed by atoms with Crippen molar-refractivity contribution in [2.24, 2.45) is 5.10 Å². The summed E-state index contributed by atoms with van der Waals surface area (Å²) in [5.74, 6) is -0.152. The summed E-state index contributed by atoms with van der Waals surface area (Å²) >= 11 is 0. The highest BCUT2D eigenvalue weighted by molar-refractivity contribution is 5.81. The molecule has 2 N–H and O–H groups in total. The van der Waals surface area contributed by atoms with E-state index in [0.717, 1.165) is 24.1 Å². The van der Waals surface area contributed by atoms with Crippen molar-refractivity contribution in [2.45, 2.75) is 26.7 Å². The number of hydrogen-bond donors (Lipinski definition) is 2. The lowest BCUT2D eigenvalue weighted by Crippen LogP contribution is -2.26. The van der Waals surface area contributed by atoms with Gasteiger partial charge in [-0.1, -0.05) is 48.0 Å². The van der Waals surface area contributed by atoms with Gasteiger partial charge in [0, 0.05) is 11.9 Å². The zero-order valence-electron chi connectivity index (χ0n) is 13.7. The SMILES string of the molecule is Cc1ccc(NCC(=O)NN=CCCc2ccccc2)c(C)c1. The summed E-state index contributed by atoms with van der Waals surface area (Å²) in [6.45, 7) is 4.28. The highest BCUT2D eigenvalue weighted by Crippen LogP contribution is 2.15. The second kappa shape index (κ2) is 8.73. The summed E-state index contributed by atoms with van der Waals surface area (Å²) in [6, 6.07) is 16.3. The van der Waals surface area contributed by atoms with Gasteiger partial charge in [0.15, 0.2) is 0 Å². The number of hydrazone groups is 1. The molecular weight excluding hydrogens is 286 g/mol. The Morgan fingerprint density at radius 3 is 2.65 bits per heavy atom. The Bertz CT molecular complexity index is 666. The van der Waals surface area contributed by atoms with E-state index in [-0.39, 0.29) is 12.5 Å². The van der Waals surface area contributed by atoms with Crippen LogP contribution in [0.1, 0.15) is 23.1 Å². The third kappa shape index (κ3) is 5.94. The van der Waals surface area contributed by atoms with E-state index in [2.05, 4.69) is 34.0 Å². The van der Waals surface area contributed by atoms with Crippen molar-refractivity contribution in [3.05, 3.63) is 65.2 Å². The minimum absolute atomic E-state index is 0.152. The molecule has 0 spiro atoms. The number of carbonyl (C=O) groups is 1. The van der Waals surface area contributed by atoms with E-state index in [1.807, 2.05) is 44.2 Å². The van der Waals surface area contributed by atoms with Crippen LogP contribution in [0.2, 0.25) is 0 Å². The van der Waals surface area contributed by atoms with Gasteiger partial charge in [-0.3, -0.25) is 4.79 Å². The maximum absolute atomic E-state index is 11.7. The van der Waals surface area contributed by atoms with Crippen molar-refractivity contribution in [3.63, 3.8) is 0 Å². The molecule has 0 radical (unpaired) electrons. The van der Waals surface area contributed by atoms with E-state index in [1.165, 1.54) is 11.1 Å². The molecular formula is C19H23N3O. The predicted octanol–water partition coefficient (Wildman–Crippen LogP) is 3.45. The molecule has 0 saturated carbocycles. The minimum Gasteiger partial charge on any atom is -0.376 e. The average Bonchev–Trinajstić information content (AvgIpc) is 2.54. The van der Waals surface area contributed by atoms with Crippen molar-refractivity contribution in [2.75, 3.05) is 11.9 Å². The molecule has 0 fully saturated rings. The van der Waals surface area contributed by atoms with Gasteiger partial charge >= 0.3 is 0 Å². The molecule has 2 aromatic carbocycles. The number of nitrogens with zero attached hydrogens (tertiary/aromatic N) is 1. The van der Waals surface area contributed by atoms with Crippen LogP contribution in [-0.2, 0) is 11.2 Å². The fourth-order valence-electron chi connectivity index (χ4n) is 2.29. The smallest absolute Gasteiger partial charge is 0.259 e. The van der Waals surface area contributed by atoms with Crippen LogP contribution in [0.25, 0.3) is 0 Å². The monoisotopic (exact) mass is 309 g/mol. The van der Waals surface area contributed by atoms with Gasteiger partial charge < -0.3 is 5.32 Å². The highest BCUT2D eigenvalue weighted by atomic mass is 16.2. The van der Waals surface area contributed by atoms with Crippen LogP contribution in [0, 0.1) is 13.8 Å². The summed E-state index contributed by atoms with van der Waals surface area (Å²) in [5.41, 5.74) is 7.11. The molecule has 0 heterocycles. The molecule has 0 aliphatic carbocycles. The van der Waals surface area contributed by atoms with Gasteiger partial charge in [-0.05, 0) is 43.9 Å². The van der Waals surface area contributed by atoms with Gasteiger partial charge in [-0.2, -0.15) is 5.10 Å². The molecule has 0 aromatic heterocycles.